The molecule has 0 aromatic heterocycles. The molecule has 5 rings (SSSR count). The quantitative estimate of drug-likeness (QED) is 0.552. The Bertz CT molecular complexity index is 1410. The topological polar surface area (TPSA) is 118 Å². The summed E-state index contributed by atoms with van der Waals surface area (Å²) in [5, 5.41) is 22.4. The fourth-order valence-electron chi connectivity index (χ4n) is 4.58. The number of methoxy groups -OCH3 is 1. The van der Waals surface area contributed by atoms with E-state index >= 15 is 0 Å². The van der Waals surface area contributed by atoms with Crippen molar-refractivity contribution in [2.24, 2.45) is 0 Å². The van der Waals surface area contributed by atoms with E-state index in [4.69, 9.17) is 4.74 Å². The Balaban J connectivity index is 1.84. The monoisotopic (exact) mass is 466 g/mol. The van der Waals surface area contributed by atoms with Crippen LogP contribution in [0.1, 0.15) is 43.3 Å². The fourth-order valence-corrected chi connectivity index (χ4v) is 4.58. The van der Waals surface area contributed by atoms with Gasteiger partial charge >= 0.3 is 0 Å². The third kappa shape index (κ3) is 3.28. The van der Waals surface area contributed by atoms with Crippen LogP contribution in [0.5, 0.6) is 5.75 Å². The Morgan fingerprint density at radius 2 is 0.971 bits per heavy atom. The number of hydrogen-bond acceptors (Lipinski definition) is 7. The van der Waals surface area contributed by atoms with Crippen molar-refractivity contribution in [2.75, 3.05) is 7.11 Å². The molecule has 3 aromatic carbocycles. The first kappa shape index (κ1) is 22.0. The molecule has 0 heterocycles. The minimum atomic E-state index is -1.39. The number of allylic oxidation sites excluding steroid dienone is 2. The molecule has 2 N–H and O–H groups in total. The number of carbonyl (C=O) groups is 4. The van der Waals surface area contributed by atoms with Crippen LogP contribution in [0.3, 0.4) is 0 Å². The largest absolute Gasteiger partial charge is 0.507 e. The van der Waals surface area contributed by atoms with E-state index in [9.17, 15) is 29.4 Å². The number of rotatable bonds is 4. The summed E-state index contributed by atoms with van der Waals surface area (Å²) in [5.41, 5.74) is -0.165. The van der Waals surface area contributed by atoms with Crippen molar-refractivity contribution >= 4 is 34.7 Å². The highest BCUT2D eigenvalue weighted by atomic mass is 16.5. The molecule has 2 aliphatic carbocycles. The predicted octanol–water partition coefficient (Wildman–Crippen LogP) is 4.25. The molecule has 3 aromatic rings. The molecular weight excluding hydrogens is 448 g/mol. The Labute approximate surface area is 199 Å². The van der Waals surface area contributed by atoms with Crippen molar-refractivity contribution in [3.8, 4) is 5.75 Å². The second-order valence-corrected chi connectivity index (χ2v) is 8.14. The molecule has 7 nitrogen and oxygen atoms in total. The predicted molar refractivity (Wildman–Crippen MR) is 126 cm³/mol. The molecule has 7 heteroatoms. The zero-order valence-corrected chi connectivity index (χ0v) is 18.4. The van der Waals surface area contributed by atoms with Crippen LogP contribution in [0.2, 0.25) is 0 Å². The number of ether oxygens (including phenoxy) is 1. The maximum Gasteiger partial charge on any atom is 0.234 e. The molecular formula is C28H18O7. The fraction of sp³-hybridized carbons (Fsp3) is 0.0714. The van der Waals surface area contributed by atoms with Crippen LogP contribution in [0, 0.1) is 0 Å². The van der Waals surface area contributed by atoms with Crippen LogP contribution in [0.25, 0.3) is 11.5 Å². The molecule has 0 saturated heterocycles. The molecule has 0 bridgehead atoms. The molecule has 0 spiro atoms. The Hall–Kier alpha value is -4.78. The average Bonchev–Trinajstić information content (AvgIpc) is 2.90. The normalized spacial score (nSPS) is 15.5. The second kappa shape index (κ2) is 8.22. The van der Waals surface area contributed by atoms with E-state index in [1.165, 1.54) is 31.4 Å². The van der Waals surface area contributed by atoms with Crippen molar-refractivity contribution in [3.63, 3.8) is 0 Å². The van der Waals surface area contributed by atoms with Crippen LogP contribution in [0.4, 0.5) is 0 Å². The maximum absolute atomic E-state index is 13.3. The number of Topliss-reactive ketones (excluding diaryl/α,β-unsaturated/α-hetero) is 4. The highest BCUT2D eigenvalue weighted by molar-refractivity contribution is 6.55. The highest BCUT2D eigenvalue weighted by Gasteiger charge is 2.44. The number of ketones is 4. The van der Waals surface area contributed by atoms with E-state index in [0.717, 1.165) is 0 Å². The van der Waals surface area contributed by atoms with Gasteiger partial charge in [-0.2, -0.15) is 0 Å². The number of carbonyl (C=O) groups excluding carboxylic acids is 4. The maximum atomic E-state index is 13.3. The van der Waals surface area contributed by atoms with Crippen molar-refractivity contribution < 1.29 is 34.1 Å². The Morgan fingerprint density at radius 3 is 1.37 bits per heavy atom. The van der Waals surface area contributed by atoms with E-state index in [-0.39, 0.29) is 33.4 Å². The molecule has 0 radical (unpaired) electrons. The number of benzene rings is 3. The second-order valence-electron chi connectivity index (χ2n) is 8.14. The lowest BCUT2D eigenvalue weighted by Crippen LogP contribution is -2.33. The van der Waals surface area contributed by atoms with Gasteiger partial charge < -0.3 is 14.9 Å². The minimum absolute atomic E-state index is 0.0295. The summed E-state index contributed by atoms with van der Waals surface area (Å²) in [7, 11) is 1.47. The van der Waals surface area contributed by atoms with E-state index in [1.807, 2.05) is 0 Å². The third-order valence-electron chi connectivity index (χ3n) is 6.29. The lowest BCUT2D eigenvalue weighted by molar-refractivity contribution is -0.112. The summed E-state index contributed by atoms with van der Waals surface area (Å²) in [6, 6.07) is 18.4. The van der Waals surface area contributed by atoms with Crippen molar-refractivity contribution in [1.29, 1.82) is 0 Å². The first-order valence-electron chi connectivity index (χ1n) is 10.7. The van der Waals surface area contributed by atoms with Crippen LogP contribution in [-0.2, 0) is 9.59 Å². The zero-order chi connectivity index (χ0) is 24.9. The number of aliphatic hydroxyl groups is 2. The third-order valence-corrected chi connectivity index (χ3v) is 6.29. The van der Waals surface area contributed by atoms with Crippen molar-refractivity contribution in [2.45, 2.75) is 5.92 Å². The number of fused-ring (bicyclic) bond motifs is 2. The van der Waals surface area contributed by atoms with Crippen LogP contribution < -0.4 is 4.74 Å². The summed E-state index contributed by atoms with van der Waals surface area (Å²) in [6.07, 6.45) is 0. The molecule has 0 fully saturated rings. The first-order valence-corrected chi connectivity index (χ1v) is 10.7. The molecule has 0 saturated carbocycles. The van der Waals surface area contributed by atoms with Crippen LogP contribution in [0.15, 0.2) is 83.9 Å². The number of hydrogen-bond donors (Lipinski definition) is 2. The first-order chi connectivity index (χ1) is 16.8. The summed E-state index contributed by atoms with van der Waals surface area (Å²) in [4.78, 5) is 52.6. The van der Waals surface area contributed by atoms with Gasteiger partial charge in [-0.3, -0.25) is 19.2 Å². The lowest BCUT2D eigenvalue weighted by Gasteiger charge is -2.29. The van der Waals surface area contributed by atoms with Gasteiger partial charge in [0.25, 0.3) is 0 Å². The van der Waals surface area contributed by atoms with Gasteiger partial charge in [0.2, 0.25) is 23.1 Å². The number of aliphatic hydroxyl groups excluding tert-OH is 2. The lowest BCUT2D eigenvalue weighted by atomic mass is 9.72. The molecule has 0 aliphatic heterocycles. The van der Waals surface area contributed by atoms with E-state index in [2.05, 4.69) is 0 Å². The van der Waals surface area contributed by atoms with Crippen molar-refractivity contribution in [3.05, 3.63) is 112 Å². The van der Waals surface area contributed by atoms with Crippen LogP contribution in [-0.4, -0.2) is 40.5 Å². The standard InChI is InChI=1S/C28H18O7/c1-35-15-12-10-14(11-13-15)20(21-23(29)16-6-2-4-8-18(16)25(31)27(21)33)22-24(30)17-7-3-5-9-19(17)26(32)28(22)34/h2-13,20,29-30H,1H3. The smallest absolute Gasteiger partial charge is 0.234 e. The average molecular weight is 466 g/mol. The van der Waals surface area contributed by atoms with Gasteiger partial charge in [0.1, 0.15) is 17.3 Å². The minimum Gasteiger partial charge on any atom is -0.507 e. The summed E-state index contributed by atoms with van der Waals surface area (Å²) >= 11 is 0. The molecule has 0 amide bonds. The Kier molecular flexibility index (Phi) is 5.17. The molecule has 0 unspecified atom stereocenters. The van der Waals surface area contributed by atoms with Gasteiger partial charge in [-0.15, -0.1) is 0 Å². The van der Waals surface area contributed by atoms with Crippen molar-refractivity contribution in [1.82, 2.24) is 0 Å². The molecule has 172 valence electrons. The van der Waals surface area contributed by atoms with Gasteiger partial charge in [0, 0.05) is 28.2 Å². The molecule has 0 atom stereocenters. The van der Waals surface area contributed by atoms with E-state index in [0.29, 0.717) is 11.3 Å². The molecule has 35 heavy (non-hydrogen) atoms. The SMILES string of the molecule is COc1ccc(C(C2=C(O)c3ccccc3C(=O)C2=O)C2=C(O)c3ccccc3C(=O)C2=O)cc1. The summed E-state index contributed by atoms with van der Waals surface area (Å²) < 4.78 is 5.19. The van der Waals surface area contributed by atoms with Gasteiger partial charge in [-0.05, 0) is 17.7 Å². The Morgan fingerprint density at radius 1 is 0.571 bits per heavy atom. The van der Waals surface area contributed by atoms with Gasteiger partial charge in [0.15, 0.2) is 0 Å². The summed E-state index contributed by atoms with van der Waals surface area (Å²) in [5.74, 6) is -5.67. The van der Waals surface area contributed by atoms with Gasteiger partial charge in [0.05, 0.1) is 18.3 Å². The highest BCUT2D eigenvalue weighted by Crippen LogP contribution is 2.44. The van der Waals surface area contributed by atoms with E-state index in [1.54, 1.807) is 48.5 Å². The molecule has 2 aliphatic rings. The summed E-state index contributed by atoms with van der Waals surface area (Å²) in [6.45, 7) is 0. The van der Waals surface area contributed by atoms with Gasteiger partial charge in [-0.25, -0.2) is 0 Å². The van der Waals surface area contributed by atoms with E-state index < -0.39 is 40.6 Å². The zero-order valence-electron chi connectivity index (χ0n) is 18.4. The van der Waals surface area contributed by atoms with Gasteiger partial charge in [-0.1, -0.05) is 60.7 Å². The van der Waals surface area contributed by atoms with Crippen LogP contribution >= 0.6 is 0 Å².